The van der Waals surface area contributed by atoms with Gasteiger partial charge in [-0.15, -0.1) is 0 Å². The van der Waals surface area contributed by atoms with Crippen molar-refractivity contribution in [3.05, 3.63) is 0 Å². The van der Waals surface area contributed by atoms with E-state index in [1.807, 2.05) is 0 Å². The van der Waals surface area contributed by atoms with Crippen LogP contribution in [0.5, 0.6) is 0 Å². The third-order valence-electron chi connectivity index (χ3n) is 2.94. The van der Waals surface area contributed by atoms with Gasteiger partial charge in [-0.3, -0.25) is 0 Å². The third kappa shape index (κ3) is 4.10. The number of aliphatic hydroxyl groups is 1. The van der Waals surface area contributed by atoms with Gasteiger partial charge >= 0.3 is 0 Å². The number of hydrogen-bond donors (Lipinski definition) is 2. The molecule has 13 heavy (non-hydrogen) atoms. The Labute approximate surface area is 81.7 Å². The average Bonchev–Trinajstić information content (AvgIpc) is 2.09. The van der Waals surface area contributed by atoms with Crippen LogP contribution < -0.4 is 5.32 Å². The first-order chi connectivity index (χ1) is 6.22. The first-order valence-corrected chi connectivity index (χ1v) is 5.66. The number of rotatable bonds is 4. The van der Waals surface area contributed by atoms with Crippen LogP contribution in [0, 0.1) is 0 Å². The molecule has 1 aliphatic rings. The van der Waals surface area contributed by atoms with E-state index in [-0.39, 0.29) is 6.10 Å². The van der Waals surface area contributed by atoms with Crippen molar-refractivity contribution in [1.29, 1.82) is 0 Å². The highest BCUT2D eigenvalue weighted by Gasteiger charge is 2.19. The fourth-order valence-electron chi connectivity index (χ4n) is 2.16. The maximum absolute atomic E-state index is 9.34. The molecule has 0 aliphatic heterocycles. The van der Waals surface area contributed by atoms with Crippen molar-refractivity contribution >= 4 is 0 Å². The summed E-state index contributed by atoms with van der Waals surface area (Å²) in [6.07, 6.45) is 6.75. The largest absolute Gasteiger partial charge is 0.393 e. The van der Waals surface area contributed by atoms with Crippen LogP contribution in [-0.2, 0) is 0 Å². The molecule has 0 bridgehead atoms. The molecule has 1 fully saturated rings. The Balaban J connectivity index is 2.14. The van der Waals surface area contributed by atoms with Gasteiger partial charge in [-0.05, 0) is 39.0 Å². The molecule has 1 rings (SSSR count). The summed E-state index contributed by atoms with van der Waals surface area (Å²) in [7, 11) is 0. The molecule has 1 saturated carbocycles. The molecule has 2 nitrogen and oxygen atoms in total. The molecule has 0 aromatic carbocycles. The summed E-state index contributed by atoms with van der Waals surface area (Å²) in [6, 6.07) is 1.30. The lowest BCUT2D eigenvalue weighted by Gasteiger charge is -2.29. The molecule has 0 heterocycles. The van der Waals surface area contributed by atoms with Crippen LogP contribution >= 0.6 is 0 Å². The standard InChI is InChI=1S/C11H23NO/c1-3-4-9(2)12-10-5-7-11(13)8-6-10/h9-13H,3-8H2,1-2H3/t9-,10?,11?/m1/s1. The van der Waals surface area contributed by atoms with Crippen LogP contribution in [-0.4, -0.2) is 23.3 Å². The van der Waals surface area contributed by atoms with Crippen molar-refractivity contribution in [1.82, 2.24) is 5.32 Å². The summed E-state index contributed by atoms with van der Waals surface area (Å²) < 4.78 is 0. The fraction of sp³-hybridized carbons (Fsp3) is 1.00. The van der Waals surface area contributed by atoms with E-state index < -0.39 is 0 Å². The van der Waals surface area contributed by atoms with Crippen LogP contribution in [0.2, 0.25) is 0 Å². The quantitative estimate of drug-likeness (QED) is 0.702. The zero-order valence-electron chi connectivity index (χ0n) is 8.92. The lowest BCUT2D eigenvalue weighted by Crippen LogP contribution is -2.39. The monoisotopic (exact) mass is 185 g/mol. The highest BCUT2D eigenvalue weighted by Crippen LogP contribution is 2.19. The zero-order valence-corrected chi connectivity index (χ0v) is 8.92. The van der Waals surface area contributed by atoms with E-state index >= 15 is 0 Å². The van der Waals surface area contributed by atoms with Gasteiger partial charge in [0.25, 0.3) is 0 Å². The molecule has 2 heteroatoms. The van der Waals surface area contributed by atoms with E-state index in [1.54, 1.807) is 0 Å². The van der Waals surface area contributed by atoms with Crippen molar-refractivity contribution in [2.45, 2.75) is 70.6 Å². The molecule has 0 saturated heterocycles. The smallest absolute Gasteiger partial charge is 0.0541 e. The zero-order chi connectivity index (χ0) is 9.68. The molecule has 0 spiro atoms. The summed E-state index contributed by atoms with van der Waals surface area (Å²) in [4.78, 5) is 0. The molecule has 0 unspecified atom stereocenters. The lowest BCUT2D eigenvalue weighted by molar-refractivity contribution is 0.114. The number of hydrogen-bond acceptors (Lipinski definition) is 2. The van der Waals surface area contributed by atoms with E-state index in [2.05, 4.69) is 19.2 Å². The second kappa shape index (κ2) is 5.61. The van der Waals surface area contributed by atoms with E-state index in [0.29, 0.717) is 12.1 Å². The average molecular weight is 185 g/mol. The molecule has 1 aliphatic carbocycles. The summed E-state index contributed by atoms with van der Waals surface area (Å²) in [5.41, 5.74) is 0. The van der Waals surface area contributed by atoms with E-state index in [1.165, 1.54) is 12.8 Å². The molecule has 0 aromatic rings. The van der Waals surface area contributed by atoms with Gasteiger partial charge < -0.3 is 10.4 Å². The fourth-order valence-corrected chi connectivity index (χ4v) is 2.16. The van der Waals surface area contributed by atoms with Crippen LogP contribution in [0.25, 0.3) is 0 Å². The summed E-state index contributed by atoms with van der Waals surface area (Å²) in [5.74, 6) is 0. The van der Waals surface area contributed by atoms with Crippen molar-refractivity contribution in [2.75, 3.05) is 0 Å². The minimum Gasteiger partial charge on any atom is -0.393 e. The van der Waals surface area contributed by atoms with Crippen molar-refractivity contribution < 1.29 is 5.11 Å². The first kappa shape index (κ1) is 11.0. The first-order valence-electron chi connectivity index (χ1n) is 5.66. The Hall–Kier alpha value is -0.0800. The van der Waals surface area contributed by atoms with E-state index in [4.69, 9.17) is 0 Å². The van der Waals surface area contributed by atoms with Crippen LogP contribution in [0.15, 0.2) is 0 Å². The predicted molar refractivity (Wildman–Crippen MR) is 55.8 cm³/mol. The Morgan fingerprint density at radius 3 is 2.46 bits per heavy atom. The van der Waals surface area contributed by atoms with Crippen LogP contribution in [0.1, 0.15) is 52.4 Å². The van der Waals surface area contributed by atoms with E-state index in [9.17, 15) is 5.11 Å². The summed E-state index contributed by atoms with van der Waals surface area (Å²) in [6.45, 7) is 4.48. The molecule has 0 radical (unpaired) electrons. The minimum absolute atomic E-state index is 0.0282. The normalized spacial score (nSPS) is 31.6. The molecule has 0 amide bonds. The molecular weight excluding hydrogens is 162 g/mol. The molecule has 2 N–H and O–H groups in total. The SMILES string of the molecule is CCC[C@@H](C)NC1CCC(O)CC1. The van der Waals surface area contributed by atoms with Crippen LogP contribution in [0.4, 0.5) is 0 Å². The summed E-state index contributed by atoms with van der Waals surface area (Å²) in [5, 5.41) is 13.0. The maximum Gasteiger partial charge on any atom is 0.0541 e. The topological polar surface area (TPSA) is 32.3 Å². The Kier molecular flexibility index (Phi) is 4.74. The van der Waals surface area contributed by atoms with Crippen molar-refractivity contribution in [3.8, 4) is 0 Å². The second-order valence-corrected chi connectivity index (χ2v) is 4.36. The number of aliphatic hydroxyl groups excluding tert-OH is 1. The molecule has 1 atom stereocenters. The van der Waals surface area contributed by atoms with E-state index in [0.717, 1.165) is 25.7 Å². The molecular formula is C11H23NO. The highest BCUT2D eigenvalue weighted by atomic mass is 16.3. The van der Waals surface area contributed by atoms with Gasteiger partial charge in [0.05, 0.1) is 6.10 Å². The minimum atomic E-state index is -0.0282. The van der Waals surface area contributed by atoms with Gasteiger partial charge in [0.15, 0.2) is 0 Å². The summed E-state index contributed by atoms with van der Waals surface area (Å²) >= 11 is 0. The predicted octanol–water partition coefficient (Wildman–Crippen LogP) is 2.07. The highest BCUT2D eigenvalue weighted by molar-refractivity contribution is 4.78. The van der Waals surface area contributed by atoms with Gasteiger partial charge in [-0.2, -0.15) is 0 Å². The van der Waals surface area contributed by atoms with Gasteiger partial charge in [0.1, 0.15) is 0 Å². The Morgan fingerprint density at radius 2 is 1.92 bits per heavy atom. The van der Waals surface area contributed by atoms with Crippen LogP contribution in [0.3, 0.4) is 0 Å². The maximum atomic E-state index is 9.34. The van der Waals surface area contributed by atoms with Gasteiger partial charge in [0.2, 0.25) is 0 Å². The molecule has 78 valence electrons. The van der Waals surface area contributed by atoms with Gasteiger partial charge in [0, 0.05) is 12.1 Å². The Bertz CT molecular complexity index is 130. The van der Waals surface area contributed by atoms with Crippen molar-refractivity contribution in [2.24, 2.45) is 0 Å². The lowest BCUT2D eigenvalue weighted by atomic mass is 9.92. The number of nitrogens with one attached hydrogen (secondary N) is 1. The molecule has 0 aromatic heterocycles. The van der Waals surface area contributed by atoms with Gasteiger partial charge in [-0.25, -0.2) is 0 Å². The Morgan fingerprint density at radius 1 is 1.31 bits per heavy atom. The third-order valence-corrected chi connectivity index (χ3v) is 2.94. The van der Waals surface area contributed by atoms with Crippen molar-refractivity contribution in [3.63, 3.8) is 0 Å². The van der Waals surface area contributed by atoms with Gasteiger partial charge in [-0.1, -0.05) is 13.3 Å². The second-order valence-electron chi connectivity index (χ2n) is 4.36.